The Bertz CT molecular complexity index is 626. The molecular formula is C13H12F3N3S. The van der Waals surface area contributed by atoms with Crippen LogP contribution in [0.25, 0.3) is 0 Å². The maximum atomic E-state index is 13.7. The second-order valence-electron chi connectivity index (χ2n) is 4.04. The predicted molar refractivity (Wildman–Crippen MR) is 72.4 cm³/mol. The molecule has 3 nitrogen and oxygen atoms in total. The highest BCUT2D eigenvalue weighted by Crippen LogP contribution is 2.21. The van der Waals surface area contributed by atoms with Gasteiger partial charge in [-0.25, -0.2) is 18.2 Å². The van der Waals surface area contributed by atoms with Crippen LogP contribution < -0.4 is 5.32 Å². The molecule has 0 radical (unpaired) electrons. The highest BCUT2D eigenvalue weighted by atomic mass is 32.1. The van der Waals surface area contributed by atoms with Gasteiger partial charge >= 0.3 is 0 Å². The van der Waals surface area contributed by atoms with Crippen LogP contribution in [0.1, 0.15) is 23.5 Å². The van der Waals surface area contributed by atoms with Crippen LogP contribution in [0.3, 0.4) is 0 Å². The zero-order valence-corrected chi connectivity index (χ0v) is 11.6. The van der Waals surface area contributed by atoms with Crippen molar-refractivity contribution >= 4 is 17.2 Å². The molecule has 0 saturated carbocycles. The molecule has 0 aliphatic carbocycles. The number of amidine groups is 1. The Labute approximate surface area is 118 Å². The molecule has 20 heavy (non-hydrogen) atoms. The minimum absolute atomic E-state index is 0.0293. The molecule has 0 fully saturated rings. The van der Waals surface area contributed by atoms with E-state index in [-0.39, 0.29) is 5.56 Å². The summed E-state index contributed by atoms with van der Waals surface area (Å²) in [7, 11) is 1.57. The van der Waals surface area contributed by atoms with E-state index in [1.807, 2.05) is 0 Å². The molecule has 0 saturated heterocycles. The van der Waals surface area contributed by atoms with Crippen molar-refractivity contribution in [3.05, 3.63) is 51.7 Å². The van der Waals surface area contributed by atoms with E-state index >= 15 is 0 Å². The summed E-state index contributed by atoms with van der Waals surface area (Å²) in [4.78, 5) is 8.11. The first-order valence-corrected chi connectivity index (χ1v) is 6.69. The third-order valence-corrected chi connectivity index (χ3v) is 3.52. The molecule has 2 aromatic rings. The topological polar surface area (TPSA) is 37.3 Å². The van der Waals surface area contributed by atoms with E-state index < -0.39 is 23.5 Å². The number of thiazole rings is 1. The van der Waals surface area contributed by atoms with Crippen molar-refractivity contribution in [2.24, 2.45) is 4.99 Å². The molecule has 1 aromatic carbocycles. The first-order chi connectivity index (χ1) is 9.54. The van der Waals surface area contributed by atoms with Crippen molar-refractivity contribution in [2.45, 2.75) is 13.0 Å². The molecule has 0 unspecified atom stereocenters. The van der Waals surface area contributed by atoms with Crippen molar-refractivity contribution in [1.29, 1.82) is 0 Å². The molecular weight excluding hydrogens is 287 g/mol. The normalized spacial score (nSPS) is 13.3. The van der Waals surface area contributed by atoms with Gasteiger partial charge in [0, 0.05) is 24.2 Å². The maximum absolute atomic E-state index is 13.7. The summed E-state index contributed by atoms with van der Waals surface area (Å²) in [5, 5.41) is 5.37. The number of aromatic nitrogens is 1. The predicted octanol–water partition coefficient (Wildman–Crippen LogP) is 3.29. The van der Waals surface area contributed by atoms with E-state index in [9.17, 15) is 13.2 Å². The highest BCUT2D eigenvalue weighted by molar-refractivity contribution is 7.11. The van der Waals surface area contributed by atoms with Crippen molar-refractivity contribution in [3.8, 4) is 0 Å². The number of halogens is 3. The van der Waals surface area contributed by atoms with E-state index in [1.165, 1.54) is 17.4 Å². The number of nitrogens with one attached hydrogen (secondary N) is 1. The van der Waals surface area contributed by atoms with Gasteiger partial charge < -0.3 is 5.32 Å². The van der Waals surface area contributed by atoms with Crippen LogP contribution in [0, 0.1) is 17.5 Å². The molecule has 1 aromatic heterocycles. The molecule has 0 spiro atoms. The summed E-state index contributed by atoms with van der Waals surface area (Å²) < 4.78 is 39.8. The van der Waals surface area contributed by atoms with Gasteiger partial charge in [0.05, 0.1) is 6.04 Å². The molecule has 0 bridgehead atoms. The van der Waals surface area contributed by atoms with Gasteiger partial charge in [-0.15, -0.1) is 11.3 Å². The highest BCUT2D eigenvalue weighted by Gasteiger charge is 2.19. The lowest BCUT2D eigenvalue weighted by molar-refractivity contribution is 0.435. The van der Waals surface area contributed by atoms with Gasteiger partial charge in [0.1, 0.15) is 0 Å². The number of hydrogen-bond acceptors (Lipinski definition) is 3. The fourth-order valence-electron chi connectivity index (χ4n) is 1.72. The molecule has 1 atom stereocenters. The van der Waals surface area contributed by atoms with Crippen molar-refractivity contribution in [1.82, 2.24) is 10.3 Å². The lowest BCUT2D eigenvalue weighted by Gasteiger charge is -2.17. The lowest BCUT2D eigenvalue weighted by Crippen LogP contribution is -2.28. The van der Waals surface area contributed by atoms with Crippen molar-refractivity contribution in [2.75, 3.05) is 7.05 Å². The SMILES string of the molecule is CN=C(N[C@H](C)c1ccc(F)c(F)c1F)c1nccs1. The molecule has 0 aliphatic rings. The number of rotatable bonds is 3. The number of aliphatic imine (C=N–C) groups is 1. The average molecular weight is 299 g/mol. The molecule has 0 aliphatic heterocycles. The van der Waals surface area contributed by atoms with E-state index in [0.717, 1.165) is 6.07 Å². The minimum atomic E-state index is -1.47. The van der Waals surface area contributed by atoms with Crippen LogP contribution in [0.2, 0.25) is 0 Å². The zero-order valence-electron chi connectivity index (χ0n) is 10.8. The molecule has 7 heteroatoms. The van der Waals surface area contributed by atoms with Crippen LogP contribution in [-0.4, -0.2) is 17.9 Å². The van der Waals surface area contributed by atoms with E-state index in [0.29, 0.717) is 10.8 Å². The van der Waals surface area contributed by atoms with E-state index in [1.54, 1.807) is 25.5 Å². The van der Waals surface area contributed by atoms with Crippen LogP contribution in [0.5, 0.6) is 0 Å². The molecule has 106 valence electrons. The second kappa shape index (κ2) is 6.04. The number of nitrogens with zero attached hydrogens (tertiary/aromatic N) is 2. The van der Waals surface area contributed by atoms with Gasteiger partial charge in [0.25, 0.3) is 0 Å². The molecule has 1 N–H and O–H groups in total. The smallest absolute Gasteiger partial charge is 0.194 e. The monoisotopic (exact) mass is 299 g/mol. The first-order valence-electron chi connectivity index (χ1n) is 5.81. The Kier molecular flexibility index (Phi) is 4.39. The van der Waals surface area contributed by atoms with Crippen LogP contribution in [0.15, 0.2) is 28.7 Å². The summed E-state index contributed by atoms with van der Waals surface area (Å²) in [6, 6.07) is 1.53. The lowest BCUT2D eigenvalue weighted by atomic mass is 10.1. The first kappa shape index (κ1) is 14.5. The summed E-state index contributed by atoms with van der Waals surface area (Å²) in [5.41, 5.74) is 0.0293. The largest absolute Gasteiger partial charge is 0.361 e. The Morgan fingerprint density at radius 3 is 2.65 bits per heavy atom. The average Bonchev–Trinajstić information content (AvgIpc) is 2.96. The molecule has 0 amide bonds. The number of benzene rings is 1. The van der Waals surface area contributed by atoms with Gasteiger partial charge in [-0.05, 0) is 13.0 Å². The third-order valence-electron chi connectivity index (χ3n) is 2.74. The van der Waals surface area contributed by atoms with Crippen LogP contribution in [0.4, 0.5) is 13.2 Å². The van der Waals surface area contributed by atoms with Crippen molar-refractivity contribution < 1.29 is 13.2 Å². The van der Waals surface area contributed by atoms with Gasteiger partial charge in [-0.1, -0.05) is 6.07 Å². The summed E-state index contributed by atoms with van der Waals surface area (Å²) in [6.45, 7) is 1.63. The molecule has 2 rings (SSSR count). The van der Waals surface area contributed by atoms with Gasteiger partial charge in [0.15, 0.2) is 28.3 Å². The van der Waals surface area contributed by atoms with Crippen LogP contribution >= 0.6 is 11.3 Å². The zero-order chi connectivity index (χ0) is 14.7. The Hall–Kier alpha value is -1.89. The van der Waals surface area contributed by atoms with Gasteiger partial charge in [-0.3, -0.25) is 4.99 Å². The van der Waals surface area contributed by atoms with Gasteiger partial charge in [0.2, 0.25) is 0 Å². The minimum Gasteiger partial charge on any atom is -0.361 e. The van der Waals surface area contributed by atoms with Crippen molar-refractivity contribution in [3.63, 3.8) is 0 Å². The fraction of sp³-hybridized carbons (Fsp3) is 0.231. The van der Waals surface area contributed by atoms with E-state index in [2.05, 4.69) is 15.3 Å². The number of hydrogen-bond donors (Lipinski definition) is 1. The van der Waals surface area contributed by atoms with E-state index in [4.69, 9.17) is 0 Å². The second-order valence-corrected chi connectivity index (χ2v) is 4.93. The Morgan fingerprint density at radius 2 is 2.05 bits per heavy atom. The van der Waals surface area contributed by atoms with Gasteiger partial charge in [-0.2, -0.15) is 0 Å². The fourth-order valence-corrected chi connectivity index (χ4v) is 2.35. The Morgan fingerprint density at radius 1 is 1.30 bits per heavy atom. The van der Waals surface area contributed by atoms with Crippen LogP contribution in [-0.2, 0) is 0 Å². The summed E-state index contributed by atoms with van der Waals surface area (Å²) in [5.74, 6) is -3.40. The standard InChI is InChI=1S/C13H12F3N3S/c1-7(8-3-4-9(14)11(16)10(8)15)19-12(17-2)13-18-5-6-20-13/h3-7H,1-2H3,(H,17,19)/t7-/m1/s1. The summed E-state index contributed by atoms with van der Waals surface area (Å²) >= 11 is 1.37. The summed E-state index contributed by atoms with van der Waals surface area (Å²) in [6.07, 6.45) is 1.62. The third kappa shape index (κ3) is 2.82. The Balaban J connectivity index is 2.24. The quantitative estimate of drug-likeness (QED) is 0.536. The molecule has 1 heterocycles. The maximum Gasteiger partial charge on any atom is 0.194 e.